The zero-order valence-electron chi connectivity index (χ0n) is 8.31. The number of carbonyl (C=O) groups excluding carboxylic acids is 1. The second-order valence-electron chi connectivity index (χ2n) is 3.02. The van der Waals surface area contributed by atoms with Gasteiger partial charge in [0.2, 0.25) is 6.29 Å². The maximum Gasteiger partial charge on any atom is 0.345 e. The van der Waals surface area contributed by atoms with Gasteiger partial charge in [0, 0.05) is 5.56 Å². The summed E-state index contributed by atoms with van der Waals surface area (Å²) in [5.41, 5.74) is 0.627. The molecule has 1 aliphatic rings. The molecule has 1 aromatic rings. The largest absolute Gasteiger partial charge is 0.493 e. The third-order valence-corrected chi connectivity index (χ3v) is 2.27. The number of ether oxygens (including phenoxy) is 3. The molecule has 0 spiro atoms. The molecule has 0 radical (unpaired) electrons. The molecule has 0 bridgehead atoms. The van der Waals surface area contributed by atoms with Gasteiger partial charge in [-0.15, -0.1) is 0 Å². The third kappa shape index (κ3) is 1.32. The molecule has 0 unspecified atom stereocenters. The van der Waals surface area contributed by atoms with Crippen molar-refractivity contribution < 1.29 is 24.1 Å². The van der Waals surface area contributed by atoms with E-state index in [4.69, 9.17) is 9.47 Å². The number of fused-ring (bicyclic) bond motifs is 1. The van der Waals surface area contributed by atoms with Crippen molar-refractivity contribution in [1.29, 1.82) is 0 Å². The van der Waals surface area contributed by atoms with Crippen LogP contribution in [0.5, 0.6) is 11.5 Å². The maximum absolute atomic E-state index is 11.4. The number of carbonyl (C=O) groups is 1. The Kier molecular flexibility index (Phi) is 2.24. The average molecular weight is 210 g/mol. The van der Waals surface area contributed by atoms with E-state index in [2.05, 4.69) is 4.74 Å². The summed E-state index contributed by atoms with van der Waals surface area (Å²) in [6.07, 6.45) is -1.22. The van der Waals surface area contributed by atoms with Gasteiger partial charge in [-0.05, 0) is 12.1 Å². The number of methoxy groups -OCH3 is 2. The quantitative estimate of drug-likeness (QED) is 0.733. The second kappa shape index (κ2) is 3.43. The van der Waals surface area contributed by atoms with Crippen LogP contribution < -0.4 is 9.47 Å². The number of cyclic esters (lactones) is 1. The molecule has 0 aromatic heterocycles. The first kappa shape index (κ1) is 9.79. The molecule has 0 saturated carbocycles. The van der Waals surface area contributed by atoms with Crippen LogP contribution in [0.2, 0.25) is 0 Å². The Morgan fingerprint density at radius 2 is 2.07 bits per heavy atom. The van der Waals surface area contributed by atoms with Gasteiger partial charge in [-0.25, -0.2) is 4.79 Å². The summed E-state index contributed by atoms with van der Waals surface area (Å²) < 4.78 is 14.7. The van der Waals surface area contributed by atoms with E-state index in [9.17, 15) is 9.90 Å². The predicted molar refractivity (Wildman–Crippen MR) is 49.9 cm³/mol. The molecule has 80 valence electrons. The Morgan fingerprint density at radius 1 is 1.33 bits per heavy atom. The van der Waals surface area contributed by atoms with Crippen LogP contribution in [-0.4, -0.2) is 25.3 Å². The van der Waals surface area contributed by atoms with Crippen LogP contribution in [0.3, 0.4) is 0 Å². The Bertz CT molecular complexity index is 413. The van der Waals surface area contributed by atoms with Crippen molar-refractivity contribution in [3.8, 4) is 11.5 Å². The lowest BCUT2D eigenvalue weighted by atomic mass is 10.1. The van der Waals surface area contributed by atoms with Crippen LogP contribution in [0, 0.1) is 0 Å². The van der Waals surface area contributed by atoms with E-state index in [0.29, 0.717) is 11.3 Å². The van der Waals surface area contributed by atoms with Crippen molar-refractivity contribution in [2.45, 2.75) is 6.29 Å². The number of hydrogen-bond acceptors (Lipinski definition) is 5. The predicted octanol–water partition coefficient (Wildman–Crippen LogP) is 0.865. The van der Waals surface area contributed by atoms with Gasteiger partial charge in [0.05, 0.1) is 14.2 Å². The van der Waals surface area contributed by atoms with E-state index in [1.54, 1.807) is 12.1 Å². The summed E-state index contributed by atoms with van der Waals surface area (Å²) in [6, 6.07) is 3.19. The van der Waals surface area contributed by atoms with Gasteiger partial charge < -0.3 is 19.3 Å². The third-order valence-electron chi connectivity index (χ3n) is 2.27. The van der Waals surface area contributed by atoms with Crippen molar-refractivity contribution in [3.05, 3.63) is 23.3 Å². The molecule has 0 aliphatic carbocycles. The van der Waals surface area contributed by atoms with Crippen LogP contribution in [-0.2, 0) is 4.74 Å². The van der Waals surface area contributed by atoms with Gasteiger partial charge in [-0.2, -0.15) is 0 Å². The van der Waals surface area contributed by atoms with Crippen molar-refractivity contribution in [2.75, 3.05) is 14.2 Å². The lowest BCUT2D eigenvalue weighted by molar-refractivity contribution is -0.0547. The molecular weight excluding hydrogens is 200 g/mol. The van der Waals surface area contributed by atoms with Crippen LogP contribution >= 0.6 is 0 Å². The Labute approximate surface area is 86.2 Å². The first-order valence-corrected chi connectivity index (χ1v) is 4.33. The summed E-state index contributed by atoms with van der Waals surface area (Å²) >= 11 is 0. The first-order valence-electron chi connectivity index (χ1n) is 4.33. The molecule has 1 atom stereocenters. The summed E-state index contributed by atoms with van der Waals surface area (Å²) in [5.74, 6) is 0.118. The van der Waals surface area contributed by atoms with E-state index in [0.717, 1.165) is 0 Å². The normalized spacial score (nSPS) is 18.3. The number of esters is 1. The highest BCUT2D eigenvalue weighted by molar-refractivity contribution is 5.97. The molecule has 1 aromatic carbocycles. The van der Waals surface area contributed by atoms with Crippen LogP contribution in [0.25, 0.3) is 0 Å². The molecular formula is C10H10O5. The van der Waals surface area contributed by atoms with Crippen molar-refractivity contribution in [3.63, 3.8) is 0 Å². The Morgan fingerprint density at radius 3 is 2.67 bits per heavy atom. The first-order chi connectivity index (χ1) is 7.19. The van der Waals surface area contributed by atoms with Gasteiger partial charge >= 0.3 is 5.97 Å². The molecule has 15 heavy (non-hydrogen) atoms. The van der Waals surface area contributed by atoms with Gasteiger partial charge in [-0.3, -0.25) is 0 Å². The number of aliphatic hydroxyl groups excluding tert-OH is 1. The fourth-order valence-electron chi connectivity index (χ4n) is 1.58. The summed E-state index contributed by atoms with van der Waals surface area (Å²) in [7, 11) is 2.90. The van der Waals surface area contributed by atoms with E-state index in [1.165, 1.54) is 14.2 Å². The highest BCUT2D eigenvalue weighted by Gasteiger charge is 2.34. The summed E-state index contributed by atoms with van der Waals surface area (Å²) in [4.78, 5) is 11.4. The Hall–Kier alpha value is -1.75. The van der Waals surface area contributed by atoms with Crippen molar-refractivity contribution in [1.82, 2.24) is 0 Å². The maximum atomic E-state index is 11.4. The number of benzene rings is 1. The lowest BCUT2D eigenvalue weighted by Crippen LogP contribution is -2.00. The van der Waals surface area contributed by atoms with Crippen molar-refractivity contribution >= 4 is 5.97 Å². The van der Waals surface area contributed by atoms with E-state index in [1.807, 2.05) is 0 Å². The zero-order chi connectivity index (χ0) is 11.0. The minimum absolute atomic E-state index is 0.226. The van der Waals surface area contributed by atoms with E-state index < -0.39 is 12.3 Å². The van der Waals surface area contributed by atoms with Crippen LogP contribution in [0.1, 0.15) is 22.2 Å². The van der Waals surface area contributed by atoms with Gasteiger partial charge in [0.1, 0.15) is 5.56 Å². The van der Waals surface area contributed by atoms with Crippen LogP contribution in [0.4, 0.5) is 0 Å². The molecule has 0 saturated heterocycles. The minimum atomic E-state index is -1.22. The highest BCUT2D eigenvalue weighted by Crippen LogP contribution is 2.40. The van der Waals surface area contributed by atoms with Gasteiger partial charge in [0.25, 0.3) is 0 Å². The molecule has 1 N–H and O–H groups in total. The molecule has 0 amide bonds. The van der Waals surface area contributed by atoms with E-state index in [-0.39, 0.29) is 11.3 Å². The molecule has 5 nitrogen and oxygen atoms in total. The molecule has 1 aliphatic heterocycles. The second-order valence-corrected chi connectivity index (χ2v) is 3.02. The number of aliphatic hydroxyl groups is 1. The van der Waals surface area contributed by atoms with Gasteiger partial charge in [0.15, 0.2) is 11.5 Å². The molecule has 2 rings (SSSR count). The molecule has 5 heteroatoms. The smallest absolute Gasteiger partial charge is 0.345 e. The summed E-state index contributed by atoms with van der Waals surface area (Å²) in [5, 5.41) is 9.40. The monoisotopic (exact) mass is 210 g/mol. The lowest BCUT2D eigenvalue weighted by Gasteiger charge is -2.09. The van der Waals surface area contributed by atoms with Crippen molar-refractivity contribution in [2.24, 2.45) is 0 Å². The SMILES string of the molecule is COc1ccc2c(c1OC)C(=O)O[C@@H]2O. The fraction of sp³-hybridized carbons (Fsp3) is 0.300. The molecule has 0 fully saturated rings. The van der Waals surface area contributed by atoms with Crippen LogP contribution in [0.15, 0.2) is 12.1 Å². The zero-order valence-corrected chi connectivity index (χ0v) is 8.31. The van der Waals surface area contributed by atoms with Gasteiger partial charge in [-0.1, -0.05) is 0 Å². The number of rotatable bonds is 2. The topological polar surface area (TPSA) is 65.0 Å². The highest BCUT2D eigenvalue weighted by atomic mass is 16.6. The Balaban J connectivity index is 2.65. The minimum Gasteiger partial charge on any atom is -0.493 e. The number of hydrogen-bond donors (Lipinski definition) is 1. The average Bonchev–Trinajstić information content (AvgIpc) is 2.53. The molecule has 1 heterocycles. The standard InChI is InChI=1S/C10H10O5/c1-13-6-4-3-5-7(8(6)14-2)10(12)15-9(5)11/h3-4,9,11H,1-2H3/t9-/m0/s1. The fourth-order valence-corrected chi connectivity index (χ4v) is 1.58. The van der Waals surface area contributed by atoms with E-state index >= 15 is 0 Å². The summed E-state index contributed by atoms with van der Waals surface area (Å²) in [6.45, 7) is 0.